The largest absolute Gasteiger partial charge is 0.477 e. The maximum atomic E-state index is 6.52. The molecule has 2 atom stereocenters. The van der Waals surface area contributed by atoms with Crippen LogP contribution in [0.2, 0.25) is 0 Å². The minimum absolute atomic E-state index is 0.00155. The number of hydrogen-bond donors (Lipinski definition) is 1. The predicted octanol–water partition coefficient (Wildman–Crippen LogP) is 2.99. The molecule has 0 aliphatic carbocycles. The Hall–Kier alpha value is -1.88. The highest BCUT2D eigenvalue weighted by molar-refractivity contribution is 5.54. The second-order valence-corrected chi connectivity index (χ2v) is 7.04. The van der Waals surface area contributed by atoms with Gasteiger partial charge in [0.1, 0.15) is 6.10 Å². The molecule has 4 heteroatoms. The monoisotopic (exact) mass is 327 g/mol. The van der Waals surface area contributed by atoms with Crippen LogP contribution in [0, 0.1) is 0 Å². The molecule has 128 valence electrons. The van der Waals surface area contributed by atoms with Crippen LogP contribution >= 0.6 is 0 Å². The number of morpholine rings is 1. The molecule has 0 amide bonds. The smallest absolute Gasteiger partial charge is 0.180 e. The molecule has 1 aliphatic heterocycles. The number of ether oxygens (including phenoxy) is 2. The minimum atomic E-state index is -0.133. The highest BCUT2D eigenvalue weighted by atomic mass is 16.5. The third-order valence-electron chi connectivity index (χ3n) is 4.26. The number of quaternary nitrogens is 1. The van der Waals surface area contributed by atoms with Gasteiger partial charge in [0, 0.05) is 19.2 Å². The zero-order valence-corrected chi connectivity index (χ0v) is 14.7. The zero-order valence-electron chi connectivity index (χ0n) is 14.7. The number of nitrogens with one attached hydrogen (secondary N) is 1. The molecule has 2 unspecified atom stereocenters. The van der Waals surface area contributed by atoms with Crippen molar-refractivity contribution in [1.29, 1.82) is 0 Å². The van der Waals surface area contributed by atoms with E-state index < -0.39 is 0 Å². The summed E-state index contributed by atoms with van der Waals surface area (Å²) in [5.41, 5.74) is 2.30. The van der Waals surface area contributed by atoms with Crippen LogP contribution < -0.4 is 14.5 Å². The van der Waals surface area contributed by atoms with E-state index in [1.807, 2.05) is 30.3 Å². The second kappa shape index (κ2) is 7.34. The van der Waals surface area contributed by atoms with Crippen molar-refractivity contribution in [2.75, 3.05) is 40.8 Å². The summed E-state index contributed by atoms with van der Waals surface area (Å²) in [6.45, 7) is 2.41. The van der Waals surface area contributed by atoms with E-state index in [9.17, 15) is 0 Å². The van der Waals surface area contributed by atoms with Crippen LogP contribution in [0.1, 0.15) is 11.7 Å². The molecule has 1 N–H and O–H groups in total. The van der Waals surface area contributed by atoms with Crippen LogP contribution in [-0.4, -0.2) is 46.9 Å². The van der Waals surface area contributed by atoms with Gasteiger partial charge in [-0.25, -0.2) is 0 Å². The Kier molecular flexibility index (Phi) is 5.19. The topological polar surface area (TPSA) is 30.5 Å². The van der Waals surface area contributed by atoms with Crippen LogP contribution in [-0.2, 0) is 4.74 Å². The predicted molar refractivity (Wildman–Crippen MR) is 98.4 cm³/mol. The maximum Gasteiger partial charge on any atom is 0.180 e. The fourth-order valence-corrected chi connectivity index (χ4v) is 3.03. The van der Waals surface area contributed by atoms with Gasteiger partial charge in [0.2, 0.25) is 0 Å². The van der Waals surface area contributed by atoms with Crippen molar-refractivity contribution >= 4 is 5.69 Å². The second-order valence-electron chi connectivity index (χ2n) is 7.04. The third-order valence-corrected chi connectivity index (χ3v) is 4.26. The average molecular weight is 327 g/mol. The molecule has 1 fully saturated rings. The van der Waals surface area contributed by atoms with Crippen LogP contribution in [0.15, 0.2) is 54.6 Å². The van der Waals surface area contributed by atoms with Crippen molar-refractivity contribution in [2.24, 2.45) is 0 Å². The number of rotatable bonds is 5. The Labute approximate surface area is 144 Å². The first-order chi connectivity index (χ1) is 11.6. The standard InChI is InChI=1S/C20H27N2O2/c1-22(2,3)17-11-7-8-12-18(17)24-20(16-9-5-4-6-10-16)19-15-21-13-14-23-19/h4-12,19-21H,13-15H2,1-3H3/q+1. The van der Waals surface area contributed by atoms with E-state index in [4.69, 9.17) is 9.47 Å². The Morgan fingerprint density at radius 1 is 1.04 bits per heavy atom. The molecule has 0 saturated carbocycles. The maximum absolute atomic E-state index is 6.52. The molecule has 0 spiro atoms. The molecule has 3 rings (SSSR count). The number of para-hydroxylation sites is 2. The van der Waals surface area contributed by atoms with Gasteiger partial charge in [0.25, 0.3) is 0 Å². The molecule has 0 bridgehead atoms. The average Bonchev–Trinajstić information content (AvgIpc) is 2.61. The summed E-state index contributed by atoms with van der Waals surface area (Å²) < 4.78 is 13.2. The van der Waals surface area contributed by atoms with Gasteiger partial charge in [-0.3, -0.25) is 4.48 Å². The van der Waals surface area contributed by atoms with Crippen molar-refractivity contribution < 1.29 is 9.47 Å². The van der Waals surface area contributed by atoms with Crippen molar-refractivity contribution in [3.8, 4) is 5.75 Å². The summed E-state index contributed by atoms with van der Waals surface area (Å²) in [6.07, 6.45) is -0.131. The van der Waals surface area contributed by atoms with Gasteiger partial charge >= 0.3 is 0 Å². The van der Waals surface area contributed by atoms with E-state index >= 15 is 0 Å². The zero-order chi connectivity index (χ0) is 17.0. The van der Waals surface area contributed by atoms with Gasteiger partial charge in [0.05, 0.1) is 27.7 Å². The lowest BCUT2D eigenvalue weighted by atomic mass is 10.0. The molecule has 2 aromatic carbocycles. The quantitative estimate of drug-likeness (QED) is 0.857. The summed E-state index contributed by atoms with van der Waals surface area (Å²) in [7, 11) is 6.45. The molecule has 1 aliphatic rings. The SMILES string of the molecule is C[N+](C)(C)c1ccccc1OC(c1ccccc1)C1CNCCO1. The summed E-state index contributed by atoms with van der Waals surface area (Å²) in [4.78, 5) is 0. The van der Waals surface area contributed by atoms with Gasteiger partial charge in [-0.1, -0.05) is 42.5 Å². The Morgan fingerprint density at radius 2 is 1.75 bits per heavy atom. The van der Waals surface area contributed by atoms with Crippen LogP contribution in [0.5, 0.6) is 5.75 Å². The molecule has 1 saturated heterocycles. The van der Waals surface area contributed by atoms with Crippen LogP contribution in [0.25, 0.3) is 0 Å². The van der Waals surface area contributed by atoms with E-state index in [1.54, 1.807) is 0 Å². The Bertz CT molecular complexity index is 646. The molecule has 0 aromatic heterocycles. The van der Waals surface area contributed by atoms with E-state index in [1.165, 1.54) is 0 Å². The van der Waals surface area contributed by atoms with Crippen molar-refractivity contribution in [3.63, 3.8) is 0 Å². The van der Waals surface area contributed by atoms with Gasteiger partial charge in [0.15, 0.2) is 17.5 Å². The molecule has 0 radical (unpaired) electrons. The first-order valence-corrected chi connectivity index (χ1v) is 8.50. The molecular formula is C20H27N2O2+. The lowest BCUT2D eigenvalue weighted by Crippen LogP contribution is -2.43. The highest BCUT2D eigenvalue weighted by Gasteiger charge is 2.30. The number of benzene rings is 2. The van der Waals surface area contributed by atoms with E-state index in [0.29, 0.717) is 11.1 Å². The molecular weight excluding hydrogens is 300 g/mol. The van der Waals surface area contributed by atoms with Crippen molar-refractivity contribution in [1.82, 2.24) is 9.80 Å². The first kappa shape index (κ1) is 17.0. The fraction of sp³-hybridized carbons (Fsp3) is 0.400. The molecule has 1 heterocycles. The molecule has 2 aromatic rings. The van der Waals surface area contributed by atoms with Crippen molar-refractivity contribution in [2.45, 2.75) is 12.2 Å². The van der Waals surface area contributed by atoms with Gasteiger partial charge in [-0.05, 0) is 11.6 Å². The highest BCUT2D eigenvalue weighted by Crippen LogP contribution is 2.35. The lowest BCUT2D eigenvalue weighted by molar-refractivity contribution is -0.0433. The normalized spacial score (nSPS) is 19.7. The van der Waals surface area contributed by atoms with Crippen LogP contribution in [0.3, 0.4) is 0 Å². The molecule has 4 nitrogen and oxygen atoms in total. The summed E-state index contributed by atoms with van der Waals surface area (Å²) in [5.74, 6) is 0.910. The number of hydrogen-bond acceptors (Lipinski definition) is 3. The summed E-state index contributed by atoms with van der Waals surface area (Å²) in [5, 5.41) is 3.41. The first-order valence-electron chi connectivity index (χ1n) is 8.50. The number of nitrogens with zero attached hydrogens (tertiary/aromatic N) is 1. The summed E-state index contributed by atoms with van der Waals surface area (Å²) >= 11 is 0. The molecule has 24 heavy (non-hydrogen) atoms. The van der Waals surface area contributed by atoms with Gasteiger partial charge in [-0.2, -0.15) is 0 Å². The third kappa shape index (κ3) is 3.96. The van der Waals surface area contributed by atoms with Gasteiger partial charge in [-0.15, -0.1) is 0 Å². The van der Waals surface area contributed by atoms with Crippen LogP contribution in [0.4, 0.5) is 5.69 Å². The van der Waals surface area contributed by atoms with Crippen molar-refractivity contribution in [3.05, 3.63) is 60.2 Å². The Balaban J connectivity index is 1.93. The van der Waals surface area contributed by atoms with E-state index in [-0.39, 0.29) is 12.2 Å². The van der Waals surface area contributed by atoms with E-state index in [0.717, 1.165) is 30.1 Å². The van der Waals surface area contributed by atoms with Gasteiger partial charge < -0.3 is 14.8 Å². The summed E-state index contributed by atoms with van der Waals surface area (Å²) in [6, 6.07) is 18.6. The van der Waals surface area contributed by atoms with E-state index in [2.05, 4.69) is 50.7 Å². The minimum Gasteiger partial charge on any atom is -0.477 e. The fourth-order valence-electron chi connectivity index (χ4n) is 3.03. The lowest BCUT2D eigenvalue weighted by Gasteiger charge is -2.33. The Morgan fingerprint density at radius 3 is 2.42 bits per heavy atom.